The molecule has 4 nitrogen and oxygen atoms in total. The summed E-state index contributed by atoms with van der Waals surface area (Å²) >= 11 is 0. The average molecular weight is 305 g/mol. The molecule has 0 fully saturated rings. The van der Waals surface area contributed by atoms with E-state index >= 15 is 0 Å². The molecule has 3 rings (SSSR count). The third-order valence-electron chi connectivity index (χ3n) is 3.75. The number of nitrogens with one attached hydrogen (secondary N) is 1. The maximum Gasteiger partial charge on any atom is 0.337 e. The normalized spacial score (nSPS) is 10.5. The van der Waals surface area contributed by atoms with Crippen LogP contribution in [0.1, 0.15) is 26.3 Å². The first-order valence-electron chi connectivity index (χ1n) is 7.19. The van der Waals surface area contributed by atoms with Gasteiger partial charge in [0, 0.05) is 5.56 Å². The third-order valence-corrected chi connectivity index (χ3v) is 3.75. The van der Waals surface area contributed by atoms with E-state index in [1.54, 1.807) is 31.2 Å². The van der Waals surface area contributed by atoms with Crippen LogP contribution in [-0.4, -0.2) is 17.0 Å². The molecular weight excluding hydrogens is 290 g/mol. The molecule has 3 aromatic rings. The molecule has 0 aliphatic heterocycles. The van der Waals surface area contributed by atoms with Crippen LogP contribution in [0.2, 0.25) is 0 Å². The van der Waals surface area contributed by atoms with Gasteiger partial charge in [0.1, 0.15) is 0 Å². The number of rotatable bonds is 3. The minimum Gasteiger partial charge on any atom is -0.478 e. The Labute approximate surface area is 133 Å². The van der Waals surface area contributed by atoms with Crippen LogP contribution in [0.15, 0.2) is 60.7 Å². The maximum atomic E-state index is 12.5. The van der Waals surface area contributed by atoms with Crippen molar-refractivity contribution in [2.75, 3.05) is 5.32 Å². The van der Waals surface area contributed by atoms with Crippen LogP contribution >= 0.6 is 0 Å². The summed E-state index contributed by atoms with van der Waals surface area (Å²) in [6.07, 6.45) is 0. The highest BCUT2D eigenvalue weighted by molar-refractivity contribution is 6.09. The lowest BCUT2D eigenvalue weighted by Crippen LogP contribution is -2.15. The van der Waals surface area contributed by atoms with Gasteiger partial charge in [-0.2, -0.15) is 0 Å². The number of para-hydroxylation sites is 1. The summed E-state index contributed by atoms with van der Waals surface area (Å²) in [7, 11) is 0. The fraction of sp³-hybridized carbons (Fsp3) is 0.0526. The van der Waals surface area contributed by atoms with E-state index in [4.69, 9.17) is 0 Å². The molecule has 0 bridgehead atoms. The van der Waals surface area contributed by atoms with E-state index in [2.05, 4.69) is 5.32 Å². The van der Waals surface area contributed by atoms with E-state index in [0.29, 0.717) is 16.8 Å². The molecule has 0 saturated carbocycles. The van der Waals surface area contributed by atoms with Crippen molar-refractivity contribution in [3.63, 3.8) is 0 Å². The first-order chi connectivity index (χ1) is 11.1. The van der Waals surface area contributed by atoms with Gasteiger partial charge >= 0.3 is 5.97 Å². The number of carboxylic acid groups (broad SMARTS) is 1. The van der Waals surface area contributed by atoms with Gasteiger partial charge in [-0.1, -0.05) is 42.5 Å². The number of carboxylic acids is 1. The lowest BCUT2D eigenvalue weighted by molar-refractivity contribution is 0.0698. The second-order valence-electron chi connectivity index (χ2n) is 5.32. The largest absolute Gasteiger partial charge is 0.478 e. The molecule has 0 aliphatic rings. The predicted octanol–water partition coefficient (Wildman–Crippen LogP) is 4.10. The van der Waals surface area contributed by atoms with Crippen LogP contribution in [0.3, 0.4) is 0 Å². The van der Waals surface area contributed by atoms with Crippen molar-refractivity contribution in [3.05, 3.63) is 77.4 Å². The van der Waals surface area contributed by atoms with E-state index in [-0.39, 0.29) is 11.5 Å². The first kappa shape index (κ1) is 14.8. The summed E-state index contributed by atoms with van der Waals surface area (Å²) in [6, 6.07) is 18.1. The Morgan fingerprint density at radius 1 is 0.913 bits per heavy atom. The zero-order valence-electron chi connectivity index (χ0n) is 12.5. The van der Waals surface area contributed by atoms with Gasteiger partial charge in [-0.25, -0.2) is 4.79 Å². The molecule has 0 saturated heterocycles. The molecule has 3 aromatic carbocycles. The van der Waals surface area contributed by atoms with Gasteiger partial charge in [-0.15, -0.1) is 0 Å². The molecule has 0 radical (unpaired) electrons. The summed E-state index contributed by atoms with van der Waals surface area (Å²) < 4.78 is 0. The van der Waals surface area contributed by atoms with E-state index in [9.17, 15) is 14.7 Å². The predicted molar refractivity (Wildman–Crippen MR) is 90.0 cm³/mol. The Balaban J connectivity index is 1.96. The second kappa shape index (κ2) is 5.93. The summed E-state index contributed by atoms with van der Waals surface area (Å²) in [5, 5.41) is 14.0. The van der Waals surface area contributed by atoms with Crippen LogP contribution in [-0.2, 0) is 0 Å². The number of hydrogen-bond acceptors (Lipinski definition) is 2. The zero-order chi connectivity index (χ0) is 16.4. The van der Waals surface area contributed by atoms with E-state index in [0.717, 1.165) is 10.8 Å². The van der Waals surface area contributed by atoms with Crippen LogP contribution < -0.4 is 5.32 Å². The fourth-order valence-corrected chi connectivity index (χ4v) is 2.53. The highest BCUT2D eigenvalue weighted by Gasteiger charge is 2.15. The topological polar surface area (TPSA) is 66.4 Å². The Bertz CT molecular complexity index is 915. The van der Waals surface area contributed by atoms with Crippen molar-refractivity contribution >= 4 is 28.3 Å². The number of aromatic carboxylic acids is 1. The Kier molecular flexibility index (Phi) is 3.81. The van der Waals surface area contributed by atoms with Gasteiger partial charge in [0.15, 0.2) is 0 Å². The molecule has 0 spiro atoms. The minimum atomic E-state index is -1.07. The van der Waals surface area contributed by atoms with Crippen LogP contribution in [0, 0.1) is 6.92 Å². The first-order valence-corrected chi connectivity index (χ1v) is 7.19. The lowest BCUT2D eigenvalue weighted by Gasteiger charge is -2.12. The highest BCUT2D eigenvalue weighted by Crippen LogP contribution is 2.22. The van der Waals surface area contributed by atoms with Crippen molar-refractivity contribution in [2.24, 2.45) is 0 Å². The number of benzene rings is 3. The van der Waals surface area contributed by atoms with Gasteiger partial charge < -0.3 is 10.4 Å². The zero-order valence-corrected chi connectivity index (χ0v) is 12.5. The molecule has 0 atom stereocenters. The van der Waals surface area contributed by atoms with Gasteiger partial charge in [0.25, 0.3) is 5.91 Å². The molecule has 4 heteroatoms. The van der Waals surface area contributed by atoms with Crippen LogP contribution in [0.4, 0.5) is 5.69 Å². The molecular formula is C19H15NO3. The van der Waals surface area contributed by atoms with Crippen LogP contribution in [0.25, 0.3) is 10.8 Å². The SMILES string of the molecule is Cc1cccc(C(=O)O)c1NC(=O)c1ccc2ccccc2c1. The standard InChI is InChI=1S/C19H15NO3/c1-12-5-4-8-16(19(22)23)17(12)20-18(21)15-10-9-13-6-2-3-7-14(13)11-15/h2-11H,1H3,(H,20,21)(H,22,23). The highest BCUT2D eigenvalue weighted by atomic mass is 16.4. The summed E-state index contributed by atoms with van der Waals surface area (Å²) in [4.78, 5) is 23.8. The van der Waals surface area contributed by atoms with E-state index < -0.39 is 5.97 Å². The quantitative estimate of drug-likeness (QED) is 0.765. The number of aryl methyl sites for hydroxylation is 1. The molecule has 114 valence electrons. The third kappa shape index (κ3) is 2.92. The number of carbonyl (C=O) groups excluding carboxylic acids is 1. The summed E-state index contributed by atoms with van der Waals surface area (Å²) in [5.41, 5.74) is 1.61. The van der Waals surface area contributed by atoms with Crippen molar-refractivity contribution in [1.82, 2.24) is 0 Å². The summed E-state index contributed by atoms with van der Waals surface area (Å²) in [6.45, 7) is 1.77. The molecule has 0 heterocycles. The molecule has 0 aliphatic carbocycles. The Morgan fingerprint density at radius 3 is 2.39 bits per heavy atom. The van der Waals surface area contributed by atoms with Gasteiger partial charge in [0.2, 0.25) is 0 Å². The van der Waals surface area contributed by atoms with E-state index in [1.807, 2.05) is 30.3 Å². The van der Waals surface area contributed by atoms with Gasteiger partial charge in [-0.3, -0.25) is 4.79 Å². The van der Waals surface area contributed by atoms with E-state index in [1.165, 1.54) is 6.07 Å². The molecule has 2 N–H and O–H groups in total. The van der Waals surface area contributed by atoms with Crippen molar-refractivity contribution in [3.8, 4) is 0 Å². The Hall–Kier alpha value is -3.14. The maximum absolute atomic E-state index is 12.5. The van der Waals surface area contributed by atoms with Crippen LogP contribution in [0.5, 0.6) is 0 Å². The number of fused-ring (bicyclic) bond motifs is 1. The smallest absolute Gasteiger partial charge is 0.337 e. The fourth-order valence-electron chi connectivity index (χ4n) is 2.53. The monoisotopic (exact) mass is 305 g/mol. The number of anilines is 1. The second-order valence-corrected chi connectivity index (χ2v) is 5.32. The number of amides is 1. The molecule has 23 heavy (non-hydrogen) atoms. The number of carbonyl (C=O) groups is 2. The number of hydrogen-bond donors (Lipinski definition) is 2. The molecule has 0 unspecified atom stereocenters. The minimum absolute atomic E-state index is 0.0825. The summed E-state index contributed by atoms with van der Waals surface area (Å²) in [5.74, 6) is -1.39. The Morgan fingerprint density at radius 2 is 1.65 bits per heavy atom. The lowest BCUT2D eigenvalue weighted by atomic mass is 10.1. The van der Waals surface area contributed by atoms with Crippen molar-refractivity contribution in [1.29, 1.82) is 0 Å². The molecule has 0 aromatic heterocycles. The van der Waals surface area contributed by atoms with Gasteiger partial charge in [-0.05, 0) is 41.5 Å². The molecule has 1 amide bonds. The van der Waals surface area contributed by atoms with Gasteiger partial charge in [0.05, 0.1) is 11.3 Å². The van der Waals surface area contributed by atoms with Crippen molar-refractivity contribution < 1.29 is 14.7 Å². The van der Waals surface area contributed by atoms with Crippen molar-refractivity contribution in [2.45, 2.75) is 6.92 Å². The average Bonchev–Trinajstić information content (AvgIpc) is 2.56.